The van der Waals surface area contributed by atoms with Crippen molar-refractivity contribution in [3.8, 4) is 0 Å². The van der Waals surface area contributed by atoms with Gasteiger partial charge in [-0.25, -0.2) is 12.7 Å². The summed E-state index contributed by atoms with van der Waals surface area (Å²) in [5.41, 5.74) is 0.967. The highest BCUT2D eigenvalue weighted by Gasteiger charge is 2.26. The first kappa shape index (κ1) is 26.3. The Bertz CT molecular complexity index is 798. The first-order chi connectivity index (χ1) is 13.3. The highest BCUT2D eigenvalue weighted by molar-refractivity contribution is 14.0. The molecule has 1 aromatic carbocycles. The van der Waals surface area contributed by atoms with Gasteiger partial charge in [0.25, 0.3) is 0 Å². The van der Waals surface area contributed by atoms with Crippen molar-refractivity contribution in [2.24, 2.45) is 4.99 Å². The zero-order valence-corrected chi connectivity index (χ0v) is 21.5. The van der Waals surface area contributed by atoms with Crippen LogP contribution in [0, 0.1) is 0 Å². The van der Waals surface area contributed by atoms with Gasteiger partial charge in [-0.05, 0) is 37.0 Å². The summed E-state index contributed by atoms with van der Waals surface area (Å²) in [5.74, 6) is 1.42. The van der Waals surface area contributed by atoms with Gasteiger partial charge in [0.15, 0.2) is 5.96 Å². The Hall–Kier alpha value is -0.720. The van der Waals surface area contributed by atoms with Crippen LogP contribution in [-0.2, 0) is 27.4 Å². The van der Waals surface area contributed by atoms with Crippen molar-refractivity contribution in [2.75, 3.05) is 26.9 Å². The molecule has 7 nitrogen and oxygen atoms in total. The van der Waals surface area contributed by atoms with E-state index in [0.717, 1.165) is 31.2 Å². The Morgan fingerprint density at radius 1 is 1.24 bits per heavy atom. The Labute approximate surface area is 194 Å². The van der Waals surface area contributed by atoms with Gasteiger partial charge >= 0.3 is 0 Å². The number of nitrogens with zero attached hydrogens (tertiary/aromatic N) is 2. The largest absolute Gasteiger partial charge is 0.354 e. The van der Waals surface area contributed by atoms with Crippen molar-refractivity contribution >= 4 is 50.8 Å². The minimum atomic E-state index is -3.41. The van der Waals surface area contributed by atoms with Gasteiger partial charge in [-0.1, -0.05) is 25.5 Å². The van der Waals surface area contributed by atoms with Crippen LogP contribution in [0.15, 0.2) is 34.2 Å². The van der Waals surface area contributed by atoms with Gasteiger partial charge in [0.2, 0.25) is 10.0 Å². The van der Waals surface area contributed by atoms with E-state index in [1.165, 1.54) is 18.4 Å². The van der Waals surface area contributed by atoms with Crippen LogP contribution in [0.4, 0.5) is 0 Å². The SMILES string of the molecule is CCS(=O)C1CCCC(NC(=NC)NCc2ccc(S(=O)(=O)N(C)C)cc2)C1.I. The van der Waals surface area contributed by atoms with E-state index in [4.69, 9.17) is 0 Å². The van der Waals surface area contributed by atoms with Gasteiger partial charge in [0, 0.05) is 55.5 Å². The molecule has 0 aliphatic heterocycles. The molecule has 1 aliphatic carbocycles. The summed E-state index contributed by atoms with van der Waals surface area (Å²) < 4.78 is 37.6. The van der Waals surface area contributed by atoms with E-state index < -0.39 is 20.8 Å². The fourth-order valence-corrected chi connectivity index (χ4v) is 5.56. The number of nitrogens with one attached hydrogen (secondary N) is 2. The molecule has 0 spiro atoms. The second-order valence-electron chi connectivity index (χ2n) is 7.16. The number of hydrogen-bond acceptors (Lipinski definition) is 4. The van der Waals surface area contributed by atoms with Gasteiger partial charge in [0.1, 0.15) is 0 Å². The molecule has 0 amide bonds. The normalized spacial score (nSPS) is 21.3. The molecule has 0 radical (unpaired) electrons. The molecule has 2 rings (SSSR count). The van der Waals surface area contributed by atoms with Crippen LogP contribution < -0.4 is 10.6 Å². The molecular weight excluding hydrogens is 523 g/mol. The Morgan fingerprint density at radius 3 is 2.45 bits per heavy atom. The first-order valence-electron chi connectivity index (χ1n) is 9.63. The van der Waals surface area contributed by atoms with E-state index >= 15 is 0 Å². The van der Waals surface area contributed by atoms with Crippen LogP contribution in [0.5, 0.6) is 0 Å². The number of benzene rings is 1. The molecule has 10 heteroatoms. The molecular formula is C19H33IN4O3S2. The molecule has 0 heterocycles. The average molecular weight is 557 g/mol. The number of hydrogen-bond donors (Lipinski definition) is 2. The van der Waals surface area contributed by atoms with Gasteiger partial charge < -0.3 is 10.6 Å². The molecule has 0 bridgehead atoms. The van der Waals surface area contributed by atoms with Crippen molar-refractivity contribution in [2.45, 2.75) is 55.3 Å². The Morgan fingerprint density at radius 2 is 1.90 bits per heavy atom. The topological polar surface area (TPSA) is 90.9 Å². The molecule has 0 aromatic heterocycles. The average Bonchev–Trinajstić information content (AvgIpc) is 2.70. The first-order valence-corrected chi connectivity index (χ1v) is 12.5. The summed E-state index contributed by atoms with van der Waals surface area (Å²) in [4.78, 5) is 4.56. The third kappa shape index (κ3) is 7.48. The molecule has 3 unspecified atom stereocenters. The van der Waals surface area contributed by atoms with Crippen LogP contribution in [0.3, 0.4) is 0 Å². The van der Waals surface area contributed by atoms with Crippen LogP contribution in [-0.4, -0.2) is 61.1 Å². The van der Waals surface area contributed by atoms with Gasteiger partial charge in [-0.2, -0.15) is 0 Å². The second-order valence-corrected chi connectivity index (χ2v) is 11.3. The van der Waals surface area contributed by atoms with Crippen molar-refractivity contribution in [1.82, 2.24) is 14.9 Å². The zero-order valence-electron chi connectivity index (χ0n) is 17.6. The minimum Gasteiger partial charge on any atom is -0.354 e. The van der Waals surface area contributed by atoms with Gasteiger partial charge in [-0.3, -0.25) is 9.20 Å². The van der Waals surface area contributed by atoms with E-state index in [0.29, 0.717) is 18.3 Å². The number of aliphatic imine (C=N–C) groups is 1. The van der Waals surface area contributed by atoms with Gasteiger partial charge in [0.05, 0.1) is 4.90 Å². The molecule has 2 N–H and O–H groups in total. The maximum Gasteiger partial charge on any atom is 0.242 e. The van der Waals surface area contributed by atoms with E-state index in [1.54, 1.807) is 31.3 Å². The summed E-state index contributed by atoms with van der Waals surface area (Å²) in [6.07, 6.45) is 4.06. The number of sulfonamides is 1. The molecule has 29 heavy (non-hydrogen) atoms. The third-order valence-corrected chi connectivity index (χ3v) is 8.58. The molecule has 166 valence electrons. The van der Waals surface area contributed by atoms with E-state index in [2.05, 4.69) is 15.6 Å². The summed E-state index contributed by atoms with van der Waals surface area (Å²) in [5, 5.41) is 6.98. The van der Waals surface area contributed by atoms with Crippen molar-refractivity contribution < 1.29 is 12.6 Å². The van der Waals surface area contributed by atoms with E-state index in [-0.39, 0.29) is 40.2 Å². The molecule has 0 saturated heterocycles. The van der Waals surface area contributed by atoms with Crippen LogP contribution >= 0.6 is 24.0 Å². The molecule has 1 fully saturated rings. The van der Waals surface area contributed by atoms with Crippen LogP contribution in [0.1, 0.15) is 38.2 Å². The predicted octanol–water partition coefficient (Wildman–Crippen LogP) is 2.30. The quantitative estimate of drug-likeness (QED) is 0.306. The summed E-state index contributed by atoms with van der Waals surface area (Å²) in [6, 6.07) is 7.12. The molecule has 1 aliphatic rings. The number of halogens is 1. The summed E-state index contributed by atoms with van der Waals surface area (Å²) in [7, 11) is 0.607. The predicted molar refractivity (Wildman–Crippen MR) is 131 cm³/mol. The lowest BCUT2D eigenvalue weighted by molar-refractivity contribution is 0.413. The molecule has 1 saturated carbocycles. The number of rotatable bonds is 7. The number of guanidine groups is 1. The van der Waals surface area contributed by atoms with Crippen molar-refractivity contribution in [1.29, 1.82) is 0 Å². The maximum absolute atomic E-state index is 12.1. The lowest BCUT2D eigenvalue weighted by atomic mass is 9.95. The highest BCUT2D eigenvalue weighted by atomic mass is 127. The van der Waals surface area contributed by atoms with Crippen molar-refractivity contribution in [3.05, 3.63) is 29.8 Å². The standard InChI is InChI=1S/C19H32N4O3S2.HI/c1-5-27(24)17-8-6-7-16(13-17)22-19(20-2)21-14-15-9-11-18(12-10-15)28(25,26)23(3)4;/h9-12,16-17H,5-8,13-14H2,1-4H3,(H2,20,21,22);1H. The fourth-order valence-electron chi connectivity index (χ4n) is 3.31. The maximum atomic E-state index is 12.1. The second kappa shape index (κ2) is 12.2. The monoisotopic (exact) mass is 556 g/mol. The Balaban J connectivity index is 0.00000420. The van der Waals surface area contributed by atoms with Crippen LogP contribution in [0.2, 0.25) is 0 Å². The summed E-state index contributed by atoms with van der Waals surface area (Å²) in [6.45, 7) is 2.52. The molecule has 1 aromatic rings. The van der Waals surface area contributed by atoms with Gasteiger partial charge in [-0.15, -0.1) is 24.0 Å². The zero-order chi connectivity index (χ0) is 20.7. The van der Waals surface area contributed by atoms with Crippen LogP contribution in [0.25, 0.3) is 0 Å². The third-order valence-electron chi connectivity index (χ3n) is 5.01. The molecule has 3 atom stereocenters. The lowest BCUT2D eigenvalue weighted by Gasteiger charge is -2.30. The van der Waals surface area contributed by atoms with E-state index in [1.807, 2.05) is 6.92 Å². The van der Waals surface area contributed by atoms with Crippen molar-refractivity contribution in [3.63, 3.8) is 0 Å². The lowest BCUT2D eigenvalue weighted by Crippen LogP contribution is -2.46. The smallest absolute Gasteiger partial charge is 0.242 e. The Kier molecular flexibility index (Phi) is 11.1. The highest BCUT2D eigenvalue weighted by Crippen LogP contribution is 2.23. The fraction of sp³-hybridized carbons (Fsp3) is 0.632. The minimum absolute atomic E-state index is 0. The van der Waals surface area contributed by atoms with E-state index in [9.17, 15) is 12.6 Å². The summed E-state index contributed by atoms with van der Waals surface area (Å²) >= 11 is 0.